The molecular formula is C18H19BrClN3O3S. The fourth-order valence-corrected chi connectivity index (χ4v) is 3.91. The summed E-state index contributed by atoms with van der Waals surface area (Å²) in [6, 6.07) is 12.3. The van der Waals surface area contributed by atoms with Gasteiger partial charge in [-0.15, -0.1) is 0 Å². The van der Waals surface area contributed by atoms with Crippen LogP contribution in [0.2, 0.25) is 5.02 Å². The van der Waals surface area contributed by atoms with Crippen LogP contribution in [0, 0.1) is 6.92 Å². The zero-order valence-corrected chi connectivity index (χ0v) is 18.2. The molecule has 2 rings (SSSR count). The SMILES string of the molecule is C/C(=N/NC(=O)CN(c1ccc(Cl)cc1C)S(C)(=O)=O)c1cccc(Br)c1. The van der Waals surface area contributed by atoms with Gasteiger partial charge in [0.25, 0.3) is 5.91 Å². The Morgan fingerprint density at radius 3 is 2.56 bits per heavy atom. The number of anilines is 1. The first kappa shape index (κ1) is 21.4. The van der Waals surface area contributed by atoms with Crippen molar-refractivity contribution in [1.82, 2.24) is 5.43 Å². The molecule has 6 nitrogen and oxygen atoms in total. The number of hydrogen-bond acceptors (Lipinski definition) is 4. The Hall–Kier alpha value is -1.90. The number of carbonyl (C=O) groups excluding carboxylic acids is 1. The maximum Gasteiger partial charge on any atom is 0.260 e. The van der Waals surface area contributed by atoms with Crippen LogP contribution in [0.5, 0.6) is 0 Å². The van der Waals surface area contributed by atoms with Crippen LogP contribution >= 0.6 is 27.5 Å². The molecular weight excluding hydrogens is 454 g/mol. The standard InChI is InChI=1S/C18H19BrClN3O3S/c1-12-9-16(20)7-8-17(12)23(27(3,25)26)11-18(24)22-21-13(2)14-5-4-6-15(19)10-14/h4-10H,11H2,1-3H3,(H,22,24)/b21-13-. The summed E-state index contributed by atoms with van der Waals surface area (Å²) in [5.41, 5.74) is 4.87. The number of hydrogen-bond donors (Lipinski definition) is 1. The van der Waals surface area contributed by atoms with Crippen LogP contribution in [0.3, 0.4) is 0 Å². The van der Waals surface area contributed by atoms with Crippen molar-refractivity contribution in [3.63, 3.8) is 0 Å². The highest BCUT2D eigenvalue weighted by Crippen LogP contribution is 2.25. The molecule has 144 valence electrons. The zero-order valence-electron chi connectivity index (χ0n) is 15.0. The van der Waals surface area contributed by atoms with Gasteiger partial charge in [-0.25, -0.2) is 13.8 Å². The number of carbonyl (C=O) groups is 1. The lowest BCUT2D eigenvalue weighted by atomic mass is 10.1. The van der Waals surface area contributed by atoms with E-state index in [0.717, 1.165) is 20.6 Å². The molecule has 0 saturated carbocycles. The molecule has 0 bridgehead atoms. The molecule has 0 aliphatic rings. The third-order valence-corrected chi connectivity index (χ3v) is 5.56. The van der Waals surface area contributed by atoms with Crippen molar-refractivity contribution in [1.29, 1.82) is 0 Å². The van der Waals surface area contributed by atoms with Crippen LogP contribution in [0.4, 0.5) is 5.69 Å². The number of hydrazone groups is 1. The summed E-state index contributed by atoms with van der Waals surface area (Å²) in [5, 5.41) is 4.54. The van der Waals surface area contributed by atoms with Crippen LogP contribution in [0.15, 0.2) is 52.0 Å². The number of rotatable bonds is 6. The fourth-order valence-electron chi connectivity index (χ4n) is 2.37. The molecule has 0 aromatic heterocycles. The smallest absolute Gasteiger partial charge is 0.260 e. The zero-order chi connectivity index (χ0) is 20.2. The number of aryl methyl sites for hydroxylation is 1. The minimum atomic E-state index is -3.67. The van der Waals surface area contributed by atoms with E-state index in [1.807, 2.05) is 24.3 Å². The van der Waals surface area contributed by atoms with Crippen LogP contribution in [0.1, 0.15) is 18.1 Å². The number of nitrogens with zero attached hydrogens (tertiary/aromatic N) is 2. The van der Waals surface area contributed by atoms with Crippen molar-refractivity contribution in [2.45, 2.75) is 13.8 Å². The lowest BCUT2D eigenvalue weighted by Gasteiger charge is -2.23. The minimum Gasteiger partial charge on any atom is -0.271 e. The Balaban J connectivity index is 2.18. The van der Waals surface area contributed by atoms with Gasteiger partial charge in [-0.2, -0.15) is 5.10 Å². The number of halogens is 2. The van der Waals surface area contributed by atoms with E-state index in [2.05, 4.69) is 26.5 Å². The van der Waals surface area contributed by atoms with Gasteiger partial charge in [0.15, 0.2) is 0 Å². The predicted octanol–water partition coefficient (Wildman–Crippen LogP) is 3.72. The van der Waals surface area contributed by atoms with Gasteiger partial charge in [0.1, 0.15) is 6.54 Å². The molecule has 0 aliphatic heterocycles. The van der Waals surface area contributed by atoms with Gasteiger partial charge in [0.05, 0.1) is 17.7 Å². The molecule has 0 fully saturated rings. The lowest BCUT2D eigenvalue weighted by molar-refractivity contribution is -0.119. The van der Waals surface area contributed by atoms with Crippen LogP contribution in [0.25, 0.3) is 0 Å². The van der Waals surface area contributed by atoms with E-state index in [0.29, 0.717) is 22.0 Å². The maximum absolute atomic E-state index is 12.3. The van der Waals surface area contributed by atoms with Crippen molar-refractivity contribution < 1.29 is 13.2 Å². The molecule has 0 aliphatic carbocycles. The highest BCUT2D eigenvalue weighted by molar-refractivity contribution is 9.10. The average molecular weight is 473 g/mol. The number of sulfonamides is 1. The van der Waals surface area contributed by atoms with Crippen LogP contribution < -0.4 is 9.73 Å². The molecule has 1 N–H and O–H groups in total. The summed E-state index contributed by atoms with van der Waals surface area (Å²) in [7, 11) is -3.67. The summed E-state index contributed by atoms with van der Waals surface area (Å²) in [5.74, 6) is -0.552. The molecule has 2 aromatic rings. The summed E-state index contributed by atoms with van der Waals surface area (Å²) in [6.45, 7) is 3.09. The second kappa shape index (κ2) is 8.86. The van der Waals surface area contributed by atoms with E-state index in [1.165, 1.54) is 0 Å². The molecule has 0 saturated heterocycles. The minimum absolute atomic E-state index is 0.392. The van der Waals surface area contributed by atoms with Gasteiger partial charge in [0, 0.05) is 9.50 Å². The molecule has 1 amide bonds. The highest BCUT2D eigenvalue weighted by atomic mass is 79.9. The van der Waals surface area contributed by atoms with Crippen molar-refractivity contribution in [3.8, 4) is 0 Å². The summed E-state index contributed by atoms with van der Waals surface area (Å²) in [6.07, 6.45) is 1.05. The van der Waals surface area contributed by atoms with Gasteiger partial charge in [-0.1, -0.05) is 39.7 Å². The van der Waals surface area contributed by atoms with Gasteiger partial charge < -0.3 is 0 Å². The Bertz CT molecular complexity index is 993. The molecule has 0 atom stereocenters. The van der Waals surface area contributed by atoms with E-state index >= 15 is 0 Å². The predicted molar refractivity (Wildman–Crippen MR) is 113 cm³/mol. The Morgan fingerprint density at radius 2 is 1.96 bits per heavy atom. The van der Waals surface area contributed by atoms with Gasteiger partial charge >= 0.3 is 0 Å². The van der Waals surface area contributed by atoms with E-state index < -0.39 is 22.5 Å². The molecule has 2 aromatic carbocycles. The van der Waals surface area contributed by atoms with E-state index in [-0.39, 0.29) is 0 Å². The topological polar surface area (TPSA) is 78.8 Å². The van der Waals surface area contributed by atoms with Crippen molar-refractivity contribution in [2.24, 2.45) is 5.10 Å². The Labute approximate surface area is 172 Å². The van der Waals surface area contributed by atoms with E-state index in [1.54, 1.807) is 32.0 Å². The van der Waals surface area contributed by atoms with Crippen molar-refractivity contribution in [3.05, 3.63) is 63.1 Å². The van der Waals surface area contributed by atoms with Crippen molar-refractivity contribution >= 4 is 54.9 Å². The molecule has 0 unspecified atom stereocenters. The average Bonchev–Trinajstić information content (AvgIpc) is 2.57. The molecule has 27 heavy (non-hydrogen) atoms. The highest BCUT2D eigenvalue weighted by Gasteiger charge is 2.22. The first-order chi connectivity index (χ1) is 12.6. The third-order valence-electron chi connectivity index (χ3n) is 3.71. The van der Waals surface area contributed by atoms with Crippen molar-refractivity contribution in [2.75, 3.05) is 17.1 Å². The number of nitrogens with one attached hydrogen (secondary N) is 1. The molecule has 0 radical (unpaired) electrons. The Morgan fingerprint density at radius 1 is 1.26 bits per heavy atom. The number of amides is 1. The Kier molecular flexibility index (Phi) is 7.02. The summed E-state index contributed by atoms with van der Waals surface area (Å²) in [4.78, 5) is 12.3. The molecule has 0 heterocycles. The maximum atomic E-state index is 12.3. The van der Waals surface area contributed by atoms with Crippen LogP contribution in [-0.2, 0) is 14.8 Å². The number of benzene rings is 2. The second-order valence-corrected chi connectivity index (χ2v) is 9.20. The molecule has 9 heteroatoms. The second-order valence-electron chi connectivity index (χ2n) is 5.94. The van der Waals surface area contributed by atoms with Gasteiger partial charge in [-0.05, 0) is 55.3 Å². The van der Waals surface area contributed by atoms with Gasteiger partial charge in [0.2, 0.25) is 10.0 Å². The third kappa shape index (κ3) is 6.05. The van der Waals surface area contributed by atoms with E-state index in [4.69, 9.17) is 11.6 Å². The summed E-state index contributed by atoms with van der Waals surface area (Å²) < 4.78 is 26.3. The first-order valence-corrected chi connectivity index (χ1v) is 10.9. The normalized spacial score (nSPS) is 12.0. The van der Waals surface area contributed by atoms with E-state index in [9.17, 15) is 13.2 Å². The quantitative estimate of drug-likeness (QED) is 0.514. The summed E-state index contributed by atoms with van der Waals surface area (Å²) >= 11 is 9.30. The fraction of sp³-hybridized carbons (Fsp3) is 0.222. The lowest BCUT2D eigenvalue weighted by Crippen LogP contribution is -2.39. The molecule has 0 spiro atoms. The van der Waals surface area contributed by atoms with Gasteiger partial charge in [-0.3, -0.25) is 9.10 Å². The van der Waals surface area contributed by atoms with Crippen LogP contribution in [-0.4, -0.2) is 32.8 Å². The monoisotopic (exact) mass is 471 g/mol. The largest absolute Gasteiger partial charge is 0.271 e. The first-order valence-electron chi connectivity index (χ1n) is 7.91.